The third-order valence-electron chi connectivity index (χ3n) is 7.05. The van der Waals surface area contributed by atoms with Crippen molar-refractivity contribution in [1.29, 1.82) is 0 Å². The fraction of sp³-hybridized carbons (Fsp3) is 0.483. The molecule has 2 aromatic carbocycles. The number of cyclic esters (lactones) is 1. The van der Waals surface area contributed by atoms with Crippen molar-refractivity contribution in [3.8, 4) is 5.75 Å². The summed E-state index contributed by atoms with van der Waals surface area (Å²) in [6.07, 6.45) is 8.54. The molecular weight excluding hydrogens is 428 g/mol. The maximum Gasteiger partial charge on any atom is 0.325 e. The first kappa shape index (κ1) is 24.2. The lowest BCUT2D eigenvalue weighted by atomic mass is 9.85. The predicted molar refractivity (Wildman–Crippen MR) is 129 cm³/mol. The van der Waals surface area contributed by atoms with Crippen LogP contribution in [0.3, 0.4) is 0 Å². The lowest BCUT2D eigenvalue weighted by Crippen LogP contribution is -2.28. The second-order valence-corrected chi connectivity index (χ2v) is 9.58. The highest BCUT2D eigenvalue weighted by molar-refractivity contribution is 6.21. The van der Waals surface area contributed by atoms with Gasteiger partial charge in [-0.3, -0.25) is 14.4 Å². The molecular formula is C29H34O5. The number of ether oxygens (including phenoxy) is 2. The van der Waals surface area contributed by atoms with Gasteiger partial charge in [0.15, 0.2) is 23.6 Å². The van der Waals surface area contributed by atoms with E-state index in [0.717, 1.165) is 29.7 Å². The van der Waals surface area contributed by atoms with E-state index in [1.807, 2.05) is 54.6 Å². The lowest BCUT2D eigenvalue weighted by molar-refractivity contribution is -0.147. The highest BCUT2D eigenvalue weighted by Gasteiger charge is 2.46. The van der Waals surface area contributed by atoms with E-state index in [1.165, 1.54) is 32.1 Å². The molecule has 0 amide bonds. The summed E-state index contributed by atoms with van der Waals surface area (Å²) in [5.41, 5.74) is 2.13. The molecule has 2 aliphatic rings. The molecule has 1 aliphatic carbocycles. The van der Waals surface area contributed by atoms with E-state index in [2.05, 4.69) is 0 Å². The van der Waals surface area contributed by atoms with Crippen molar-refractivity contribution in [3.05, 3.63) is 65.7 Å². The number of esters is 1. The molecule has 4 rings (SSSR count). The van der Waals surface area contributed by atoms with Crippen LogP contribution >= 0.6 is 0 Å². The average molecular weight is 463 g/mol. The number of aryl methyl sites for hydroxylation is 1. The Morgan fingerprint density at radius 3 is 2.35 bits per heavy atom. The maximum atomic E-state index is 12.7. The zero-order chi connectivity index (χ0) is 23.8. The fourth-order valence-corrected chi connectivity index (χ4v) is 5.04. The summed E-state index contributed by atoms with van der Waals surface area (Å²) in [5, 5.41) is 0. The summed E-state index contributed by atoms with van der Waals surface area (Å²) in [6, 6.07) is 17.7. The highest BCUT2D eigenvalue weighted by Crippen LogP contribution is 2.29. The third kappa shape index (κ3) is 6.55. The number of ketones is 2. The van der Waals surface area contributed by atoms with Gasteiger partial charge in [0.25, 0.3) is 0 Å². The van der Waals surface area contributed by atoms with Crippen molar-refractivity contribution in [1.82, 2.24) is 0 Å². The summed E-state index contributed by atoms with van der Waals surface area (Å²) in [5.74, 6) is -1.05. The van der Waals surface area contributed by atoms with Gasteiger partial charge >= 0.3 is 5.97 Å². The number of carbonyl (C=O) groups is 3. The van der Waals surface area contributed by atoms with Gasteiger partial charge in [-0.2, -0.15) is 0 Å². The zero-order valence-corrected chi connectivity index (χ0v) is 19.7. The molecule has 2 aromatic rings. The van der Waals surface area contributed by atoms with Crippen LogP contribution in [-0.2, 0) is 32.1 Å². The van der Waals surface area contributed by atoms with E-state index in [0.29, 0.717) is 31.8 Å². The SMILES string of the molecule is O=C(CCCC1CCCCC1)C1C(=O)OC(CCc2ccc(OCc3ccccc3)cc2)C1=O. The Kier molecular flexibility index (Phi) is 8.51. The van der Waals surface area contributed by atoms with Crippen LogP contribution in [0.4, 0.5) is 0 Å². The van der Waals surface area contributed by atoms with Crippen molar-refractivity contribution in [2.75, 3.05) is 0 Å². The normalized spacial score (nSPS) is 20.8. The number of carbonyl (C=O) groups excluding carboxylic acids is 3. The van der Waals surface area contributed by atoms with Crippen LogP contribution in [0, 0.1) is 11.8 Å². The van der Waals surface area contributed by atoms with Crippen molar-refractivity contribution in [2.45, 2.75) is 76.9 Å². The quantitative estimate of drug-likeness (QED) is 0.320. The van der Waals surface area contributed by atoms with Crippen LogP contribution in [0.5, 0.6) is 5.75 Å². The first-order chi connectivity index (χ1) is 16.6. The second-order valence-electron chi connectivity index (χ2n) is 9.58. The molecule has 0 N–H and O–H groups in total. The van der Waals surface area contributed by atoms with Gasteiger partial charge in [-0.15, -0.1) is 0 Å². The van der Waals surface area contributed by atoms with Gasteiger partial charge in [0.2, 0.25) is 0 Å². The Morgan fingerprint density at radius 1 is 0.882 bits per heavy atom. The highest BCUT2D eigenvalue weighted by atomic mass is 16.6. The molecule has 2 atom stereocenters. The topological polar surface area (TPSA) is 69.7 Å². The largest absolute Gasteiger partial charge is 0.489 e. The van der Waals surface area contributed by atoms with Gasteiger partial charge < -0.3 is 9.47 Å². The molecule has 5 nitrogen and oxygen atoms in total. The van der Waals surface area contributed by atoms with E-state index in [1.54, 1.807) is 0 Å². The number of hydrogen-bond donors (Lipinski definition) is 0. The van der Waals surface area contributed by atoms with E-state index in [-0.39, 0.29) is 11.6 Å². The minimum Gasteiger partial charge on any atom is -0.489 e. The van der Waals surface area contributed by atoms with Crippen LogP contribution < -0.4 is 4.74 Å². The lowest BCUT2D eigenvalue weighted by Gasteiger charge is -2.21. The Balaban J connectivity index is 1.20. The van der Waals surface area contributed by atoms with Gasteiger partial charge in [0.1, 0.15) is 12.4 Å². The van der Waals surface area contributed by atoms with Gasteiger partial charge in [0, 0.05) is 6.42 Å². The standard InChI is InChI=1S/C29H34O5/c30-25(13-7-12-21-8-3-1-4-9-21)27-28(31)26(34-29(27)32)19-16-22-14-17-24(18-15-22)33-20-23-10-5-2-6-11-23/h2,5-6,10-11,14-15,17-18,21,26-27H,1,3-4,7-9,12-13,16,19-20H2. The number of hydrogen-bond acceptors (Lipinski definition) is 5. The van der Waals surface area contributed by atoms with Gasteiger partial charge in [-0.05, 0) is 48.4 Å². The minimum atomic E-state index is -1.22. The van der Waals surface area contributed by atoms with Crippen molar-refractivity contribution >= 4 is 17.5 Å². The summed E-state index contributed by atoms with van der Waals surface area (Å²) >= 11 is 0. The van der Waals surface area contributed by atoms with E-state index < -0.39 is 18.0 Å². The summed E-state index contributed by atoms with van der Waals surface area (Å²) in [4.78, 5) is 37.6. The first-order valence-corrected chi connectivity index (χ1v) is 12.6. The molecule has 0 bridgehead atoms. The summed E-state index contributed by atoms with van der Waals surface area (Å²) in [6.45, 7) is 0.503. The molecule has 34 heavy (non-hydrogen) atoms. The molecule has 0 spiro atoms. The van der Waals surface area contributed by atoms with Crippen molar-refractivity contribution in [2.24, 2.45) is 11.8 Å². The molecule has 2 fully saturated rings. The molecule has 180 valence electrons. The smallest absolute Gasteiger partial charge is 0.325 e. The minimum absolute atomic E-state index is 0.270. The molecule has 1 heterocycles. The van der Waals surface area contributed by atoms with E-state index in [4.69, 9.17) is 9.47 Å². The molecule has 1 saturated heterocycles. The van der Waals surface area contributed by atoms with Gasteiger partial charge in [-0.1, -0.05) is 81.0 Å². The number of Topliss-reactive ketones (excluding diaryl/α,β-unsaturated/α-hetero) is 2. The molecule has 0 radical (unpaired) electrons. The van der Waals surface area contributed by atoms with E-state index in [9.17, 15) is 14.4 Å². The third-order valence-corrected chi connectivity index (χ3v) is 7.05. The van der Waals surface area contributed by atoms with Crippen molar-refractivity contribution < 1.29 is 23.9 Å². The predicted octanol–water partition coefficient (Wildman–Crippen LogP) is 5.63. The molecule has 5 heteroatoms. The Labute approximate surface area is 201 Å². The second kappa shape index (κ2) is 12.0. The fourth-order valence-electron chi connectivity index (χ4n) is 5.04. The average Bonchev–Trinajstić information content (AvgIpc) is 3.16. The summed E-state index contributed by atoms with van der Waals surface area (Å²) < 4.78 is 11.1. The summed E-state index contributed by atoms with van der Waals surface area (Å²) in [7, 11) is 0. The monoisotopic (exact) mass is 462 g/mol. The molecule has 1 aliphatic heterocycles. The zero-order valence-electron chi connectivity index (χ0n) is 19.7. The van der Waals surface area contributed by atoms with Crippen LogP contribution in [0.25, 0.3) is 0 Å². The Bertz CT molecular complexity index is 960. The molecule has 2 unspecified atom stereocenters. The number of benzene rings is 2. The van der Waals surface area contributed by atoms with Crippen molar-refractivity contribution in [3.63, 3.8) is 0 Å². The van der Waals surface area contributed by atoms with Crippen LogP contribution in [0.1, 0.15) is 68.9 Å². The maximum absolute atomic E-state index is 12.7. The Morgan fingerprint density at radius 2 is 1.62 bits per heavy atom. The first-order valence-electron chi connectivity index (χ1n) is 12.6. The van der Waals surface area contributed by atoms with Gasteiger partial charge in [-0.25, -0.2) is 0 Å². The van der Waals surface area contributed by atoms with Gasteiger partial charge in [0.05, 0.1) is 0 Å². The van der Waals surface area contributed by atoms with Crippen LogP contribution in [0.15, 0.2) is 54.6 Å². The van der Waals surface area contributed by atoms with Crippen LogP contribution in [-0.4, -0.2) is 23.6 Å². The number of rotatable bonds is 11. The van der Waals surface area contributed by atoms with E-state index >= 15 is 0 Å². The Hall–Kier alpha value is -2.95. The molecule has 1 saturated carbocycles. The van der Waals surface area contributed by atoms with Crippen LogP contribution in [0.2, 0.25) is 0 Å². The molecule has 0 aromatic heterocycles.